The molecule has 5 rings (SSSR count). The van der Waals surface area contributed by atoms with Gasteiger partial charge in [-0.25, -0.2) is 9.50 Å². The molecule has 7 heteroatoms. The van der Waals surface area contributed by atoms with Crippen molar-refractivity contribution < 1.29 is 14.0 Å². The molecule has 4 heterocycles. The van der Waals surface area contributed by atoms with Gasteiger partial charge >= 0.3 is 0 Å². The second kappa shape index (κ2) is 7.01. The Kier molecular flexibility index (Phi) is 4.20. The fourth-order valence-electron chi connectivity index (χ4n) is 3.72. The number of nitrogens with zero attached hydrogens (tertiary/aromatic N) is 4. The molecule has 1 amide bonds. The zero-order valence-corrected chi connectivity index (χ0v) is 15.6. The van der Waals surface area contributed by atoms with E-state index in [2.05, 4.69) is 10.1 Å². The summed E-state index contributed by atoms with van der Waals surface area (Å²) in [6.07, 6.45) is 7.16. The van der Waals surface area contributed by atoms with Crippen LogP contribution in [0.15, 0.2) is 65.5 Å². The summed E-state index contributed by atoms with van der Waals surface area (Å²) < 4.78 is 6.87. The Morgan fingerprint density at radius 3 is 2.86 bits per heavy atom. The van der Waals surface area contributed by atoms with Gasteiger partial charge in [-0.1, -0.05) is 12.1 Å². The number of amides is 1. The van der Waals surface area contributed by atoms with Gasteiger partial charge in [-0.05, 0) is 43.2 Å². The first kappa shape index (κ1) is 17.4. The van der Waals surface area contributed by atoms with E-state index in [0.29, 0.717) is 17.6 Å². The highest BCUT2D eigenvalue weighted by molar-refractivity contribution is 6.10. The van der Waals surface area contributed by atoms with Crippen molar-refractivity contribution in [2.75, 3.05) is 11.4 Å². The summed E-state index contributed by atoms with van der Waals surface area (Å²) in [4.78, 5) is 31.2. The van der Waals surface area contributed by atoms with Crippen molar-refractivity contribution in [1.29, 1.82) is 0 Å². The van der Waals surface area contributed by atoms with Crippen molar-refractivity contribution >= 4 is 23.0 Å². The van der Waals surface area contributed by atoms with E-state index in [-0.39, 0.29) is 17.5 Å². The highest BCUT2D eigenvalue weighted by atomic mass is 16.3. The van der Waals surface area contributed by atoms with E-state index in [4.69, 9.17) is 4.42 Å². The van der Waals surface area contributed by atoms with Crippen molar-refractivity contribution in [1.82, 2.24) is 14.6 Å². The summed E-state index contributed by atoms with van der Waals surface area (Å²) in [5.74, 6) is 0.138. The van der Waals surface area contributed by atoms with Gasteiger partial charge in [0.1, 0.15) is 0 Å². The largest absolute Gasteiger partial charge is 0.461 e. The third kappa shape index (κ3) is 3.00. The fourth-order valence-corrected chi connectivity index (χ4v) is 3.72. The normalized spacial score (nSPS) is 14.5. The second-order valence-corrected chi connectivity index (χ2v) is 6.98. The van der Waals surface area contributed by atoms with Gasteiger partial charge in [-0.2, -0.15) is 5.10 Å². The number of fused-ring (bicyclic) bond motifs is 1. The first-order valence-corrected chi connectivity index (χ1v) is 9.54. The molecule has 1 saturated heterocycles. The highest BCUT2D eigenvalue weighted by Gasteiger charge is 2.22. The number of carbonyl (C=O) groups excluding carboxylic acids is 2. The van der Waals surface area contributed by atoms with Crippen LogP contribution >= 0.6 is 0 Å². The summed E-state index contributed by atoms with van der Waals surface area (Å²) in [5.41, 5.74) is 3.40. The first-order valence-electron chi connectivity index (χ1n) is 9.54. The average Bonchev–Trinajstić information content (AvgIpc) is 3.44. The van der Waals surface area contributed by atoms with E-state index in [0.717, 1.165) is 36.3 Å². The van der Waals surface area contributed by atoms with Crippen LogP contribution < -0.4 is 4.90 Å². The number of anilines is 1. The number of ketones is 1. The Morgan fingerprint density at radius 1 is 1.10 bits per heavy atom. The van der Waals surface area contributed by atoms with Gasteiger partial charge in [0, 0.05) is 30.4 Å². The van der Waals surface area contributed by atoms with Crippen molar-refractivity contribution in [3.63, 3.8) is 0 Å². The van der Waals surface area contributed by atoms with E-state index in [1.54, 1.807) is 22.8 Å². The van der Waals surface area contributed by atoms with Crippen LogP contribution in [0, 0.1) is 0 Å². The standard InChI is InChI=1S/C22H18N4O3/c27-20-8-1-2-11-25(20)16-6-3-5-15(13-16)18-9-10-23-22-17(14-24-26(18)22)21(28)19-7-4-12-29-19/h3-7,9-10,12-14H,1-2,8,11H2. The zero-order valence-electron chi connectivity index (χ0n) is 15.6. The maximum atomic E-state index is 12.7. The van der Waals surface area contributed by atoms with E-state index in [1.807, 2.05) is 35.2 Å². The summed E-state index contributed by atoms with van der Waals surface area (Å²) in [6, 6.07) is 13.0. The average molecular weight is 386 g/mol. The predicted octanol–water partition coefficient (Wildman–Crippen LogP) is 3.74. The van der Waals surface area contributed by atoms with Crippen LogP contribution in [0.3, 0.4) is 0 Å². The van der Waals surface area contributed by atoms with Gasteiger partial charge in [-0.3, -0.25) is 9.59 Å². The number of furan rings is 1. The van der Waals surface area contributed by atoms with E-state index in [1.165, 1.54) is 12.5 Å². The lowest BCUT2D eigenvalue weighted by atomic mass is 10.1. The Labute approximate surface area is 166 Å². The number of rotatable bonds is 4. The lowest BCUT2D eigenvalue weighted by Crippen LogP contribution is -2.35. The summed E-state index contributed by atoms with van der Waals surface area (Å²) >= 11 is 0. The van der Waals surface area contributed by atoms with Gasteiger partial charge in [0.2, 0.25) is 11.7 Å². The van der Waals surface area contributed by atoms with Crippen molar-refractivity contribution in [3.8, 4) is 11.3 Å². The maximum Gasteiger partial charge on any atom is 0.233 e. The topological polar surface area (TPSA) is 80.7 Å². The molecule has 0 spiro atoms. The molecule has 0 radical (unpaired) electrons. The zero-order chi connectivity index (χ0) is 19.8. The van der Waals surface area contributed by atoms with Gasteiger partial charge in [0.25, 0.3) is 0 Å². The summed E-state index contributed by atoms with van der Waals surface area (Å²) in [7, 11) is 0. The fraction of sp³-hybridized carbons (Fsp3) is 0.182. The SMILES string of the molecule is O=C(c1ccco1)c1cnn2c(-c3cccc(N4CCCCC4=O)c3)ccnc12. The highest BCUT2D eigenvalue weighted by Crippen LogP contribution is 2.28. The molecule has 1 aromatic carbocycles. The first-order chi connectivity index (χ1) is 14.2. The number of aromatic nitrogens is 3. The van der Waals surface area contributed by atoms with Gasteiger partial charge in [-0.15, -0.1) is 0 Å². The molecular formula is C22H18N4O3. The maximum absolute atomic E-state index is 12.7. The lowest BCUT2D eigenvalue weighted by molar-refractivity contribution is -0.119. The van der Waals surface area contributed by atoms with Crippen molar-refractivity contribution in [2.24, 2.45) is 0 Å². The molecule has 0 unspecified atom stereocenters. The molecule has 0 saturated carbocycles. The van der Waals surface area contributed by atoms with Crippen LogP contribution in [-0.4, -0.2) is 32.8 Å². The minimum absolute atomic E-state index is 0.152. The molecule has 29 heavy (non-hydrogen) atoms. The molecule has 1 aliphatic heterocycles. The predicted molar refractivity (Wildman–Crippen MR) is 107 cm³/mol. The molecule has 1 aliphatic rings. The third-order valence-electron chi connectivity index (χ3n) is 5.17. The molecule has 0 aliphatic carbocycles. The van der Waals surface area contributed by atoms with Crippen LogP contribution in [0.1, 0.15) is 35.4 Å². The molecule has 0 atom stereocenters. The molecule has 0 bridgehead atoms. The van der Waals surface area contributed by atoms with Crippen LogP contribution in [0.5, 0.6) is 0 Å². The number of benzene rings is 1. The quantitative estimate of drug-likeness (QED) is 0.499. The molecule has 0 N–H and O–H groups in total. The number of hydrogen-bond acceptors (Lipinski definition) is 5. The van der Waals surface area contributed by atoms with Gasteiger partial charge in [0.15, 0.2) is 11.4 Å². The van der Waals surface area contributed by atoms with E-state index in [9.17, 15) is 9.59 Å². The lowest BCUT2D eigenvalue weighted by Gasteiger charge is -2.27. The molecule has 3 aromatic heterocycles. The number of piperidine rings is 1. The molecule has 7 nitrogen and oxygen atoms in total. The Bertz CT molecular complexity index is 1210. The third-order valence-corrected chi connectivity index (χ3v) is 5.17. The molecule has 4 aromatic rings. The summed E-state index contributed by atoms with van der Waals surface area (Å²) in [5, 5.41) is 4.39. The smallest absolute Gasteiger partial charge is 0.233 e. The second-order valence-electron chi connectivity index (χ2n) is 6.98. The minimum Gasteiger partial charge on any atom is -0.461 e. The molecule has 1 fully saturated rings. The van der Waals surface area contributed by atoms with E-state index >= 15 is 0 Å². The van der Waals surface area contributed by atoms with Crippen LogP contribution in [-0.2, 0) is 4.79 Å². The van der Waals surface area contributed by atoms with Crippen molar-refractivity contribution in [2.45, 2.75) is 19.3 Å². The number of hydrogen-bond donors (Lipinski definition) is 0. The summed E-state index contributed by atoms with van der Waals surface area (Å²) in [6.45, 7) is 0.734. The minimum atomic E-state index is -0.262. The Morgan fingerprint density at radius 2 is 2.03 bits per heavy atom. The van der Waals surface area contributed by atoms with Crippen LogP contribution in [0.2, 0.25) is 0 Å². The molecule has 144 valence electrons. The van der Waals surface area contributed by atoms with Crippen LogP contribution in [0.25, 0.3) is 16.9 Å². The monoisotopic (exact) mass is 386 g/mol. The van der Waals surface area contributed by atoms with Gasteiger partial charge < -0.3 is 9.32 Å². The molecular weight excluding hydrogens is 368 g/mol. The Balaban J connectivity index is 1.57. The van der Waals surface area contributed by atoms with Gasteiger partial charge in [0.05, 0.1) is 23.7 Å². The Hall–Kier alpha value is -3.74. The van der Waals surface area contributed by atoms with Crippen molar-refractivity contribution in [3.05, 3.63) is 72.4 Å². The van der Waals surface area contributed by atoms with E-state index < -0.39 is 0 Å². The number of carbonyl (C=O) groups is 2. The van der Waals surface area contributed by atoms with Crippen LogP contribution in [0.4, 0.5) is 5.69 Å².